The number of anilines is 1. The highest BCUT2D eigenvalue weighted by Gasteiger charge is 2.13. The van der Waals surface area contributed by atoms with E-state index in [0.717, 1.165) is 18.1 Å². The van der Waals surface area contributed by atoms with Gasteiger partial charge in [-0.2, -0.15) is 0 Å². The van der Waals surface area contributed by atoms with Crippen LogP contribution in [0.4, 0.5) is 5.69 Å². The van der Waals surface area contributed by atoms with Crippen molar-refractivity contribution in [1.29, 1.82) is 0 Å². The van der Waals surface area contributed by atoms with Gasteiger partial charge in [0.2, 0.25) is 0 Å². The molecular formula is C17H29ClN2. The second-order valence-electron chi connectivity index (χ2n) is 6.05. The van der Waals surface area contributed by atoms with Crippen molar-refractivity contribution >= 4 is 17.3 Å². The van der Waals surface area contributed by atoms with E-state index in [1.165, 1.54) is 24.1 Å². The number of nitrogens with zero attached hydrogens (tertiary/aromatic N) is 1. The maximum Gasteiger partial charge on any atom is 0.0412 e. The molecule has 20 heavy (non-hydrogen) atoms. The van der Waals surface area contributed by atoms with Crippen molar-refractivity contribution in [3.05, 3.63) is 28.8 Å². The van der Waals surface area contributed by atoms with E-state index in [2.05, 4.69) is 57.1 Å². The molecule has 2 nitrogen and oxygen atoms in total. The van der Waals surface area contributed by atoms with Crippen LogP contribution in [-0.4, -0.2) is 19.6 Å². The maximum absolute atomic E-state index is 6.16. The van der Waals surface area contributed by atoms with Gasteiger partial charge in [0.25, 0.3) is 0 Å². The number of hydrogen-bond acceptors (Lipinski definition) is 2. The summed E-state index contributed by atoms with van der Waals surface area (Å²) in [5.74, 6) is 0.661. The summed E-state index contributed by atoms with van der Waals surface area (Å²) in [6.45, 7) is 10.9. The van der Waals surface area contributed by atoms with Gasteiger partial charge in [-0.1, -0.05) is 38.8 Å². The molecule has 0 aliphatic carbocycles. The molecule has 1 N–H and O–H groups in total. The average Bonchev–Trinajstić information content (AvgIpc) is 2.38. The smallest absolute Gasteiger partial charge is 0.0412 e. The lowest BCUT2D eigenvalue weighted by Gasteiger charge is -2.29. The molecule has 0 aliphatic heterocycles. The summed E-state index contributed by atoms with van der Waals surface area (Å²) < 4.78 is 0. The Morgan fingerprint density at radius 2 is 1.95 bits per heavy atom. The van der Waals surface area contributed by atoms with Gasteiger partial charge < -0.3 is 10.2 Å². The molecule has 0 aliphatic rings. The molecule has 0 bridgehead atoms. The van der Waals surface area contributed by atoms with E-state index < -0.39 is 0 Å². The number of benzene rings is 1. The summed E-state index contributed by atoms with van der Waals surface area (Å²) in [5, 5.41) is 4.32. The summed E-state index contributed by atoms with van der Waals surface area (Å²) in [7, 11) is 2.18. The van der Waals surface area contributed by atoms with Crippen molar-refractivity contribution in [1.82, 2.24) is 5.32 Å². The molecule has 3 heteroatoms. The van der Waals surface area contributed by atoms with Crippen LogP contribution in [0.2, 0.25) is 5.02 Å². The molecule has 0 amide bonds. The minimum Gasteiger partial charge on any atom is -0.372 e. The van der Waals surface area contributed by atoms with Crippen LogP contribution in [0.15, 0.2) is 18.2 Å². The number of hydrogen-bond donors (Lipinski definition) is 1. The molecule has 1 aromatic rings. The summed E-state index contributed by atoms with van der Waals surface area (Å²) in [4.78, 5) is 2.37. The van der Waals surface area contributed by atoms with E-state index in [4.69, 9.17) is 11.6 Å². The summed E-state index contributed by atoms with van der Waals surface area (Å²) in [6, 6.07) is 6.75. The standard InChI is InChI=1S/C17H29ClN2/c1-6-7-14(4)20(5)17-9-8-16(18)10-15(17)12-19-11-13(2)3/h8-10,13-14,19H,6-7,11-12H2,1-5H3. The van der Waals surface area contributed by atoms with Gasteiger partial charge in [0.1, 0.15) is 0 Å². The summed E-state index contributed by atoms with van der Waals surface area (Å²) in [6.07, 6.45) is 2.41. The number of nitrogens with one attached hydrogen (secondary N) is 1. The molecule has 0 fully saturated rings. The molecule has 0 radical (unpaired) electrons. The Bertz CT molecular complexity index is 404. The monoisotopic (exact) mass is 296 g/mol. The highest BCUT2D eigenvalue weighted by molar-refractivity contribution is 6.30. The van der Waals surface area contributed by atoms with E-state index in [1.54, 1.807) is 0 Å². The van der Waals surface area contributed by atoms with Crippen LogP contribution in [-0.2, 0) is 6.54 Å². The molecule has 1 unspecified atom stereocenters. The molecule has 1 aromatic carbocycles. The molecule has 0 spiro atoms. The Kier molecular flexibility index (Phi) is 7.39. The van der Waals surface area contributed by atoms with Gasteiger partial charge in [0, 0.05) is 30.3 Å². The van der Waals surface area contributed by atoms with Crippen LogP contribution < -0.4 is 10.2 Å². The second kappa shape index (κ2) is 8.53. The van der Waals surface area contributed by atoms with E-state index in [0.29, 0.717) is 12.0 Å². The fourth-order valence-corrected chi connectivity index (χ4v) is 2.58. The predicted molar refractivity (Wildman–Crippen MR) is 90.8 cm³/mol. The third-order valence-corrected chi connectivity index (χ3v) is 3.89. The van der Waals surface area contributed by atoms with Gasteiger partial charge in [-0.05, 0) is 49.6 Å². The van der Waals surface area contributed by atoms with Crippen molar-refractivity contribution < 1.29 is 0 Å². The van der Waals surface area contributed by atoms with Crippen molar-refractivity contribution in [2.75, 3.05) is 18.5 Å². The first-order valence-electron chi connectivity index (χ1n) is 7.67. The quantitative estimate of drug-likeness (QED) is 0.747. The third-order valence-electron chi connectivity index (χ3n) is 3.66. The van der Waals surface area contributed by atoms with E-state index in [1.807, 2.05) is 6.07 Å². The van der Waals surface area contributed by atoms with Crippen LogP contribution in [0, 0.1) is 5.92 Å². The van der Waals surface area contributed by atoms with Crippen molar-refractivity contribution in [3.63, 3.8) is 0 Å². The first-order valence-corrected chi connectivity index (χ1v) is 8.05. The predicted octanol–water partition coefficient (Wildman–Crippen LogP) is 4.71. The average molecular weight is 297 g/mol. The minimum absolute atomic E-state index is 0.546. The van der Waals surface area contributed by atoms with Gasteiger partial charge in [-0.25, -0.2) is 0 Å². The lowest BCUT2D eigenvalue weighted by atomic mass is 10.1. The highest BCUT2D eigenvalue weighted by atomic mass is 35.5. The van der Waals surface area contributed by atoms with E-state index in [-0.39, 0.29) is 0 Å². The Morgan fingerprint density at radius 3 is 2.55 bits per heavy atom. The zero-order valence-corrected chi connectivity index (χ0v) is 14.3. The summed E-state index contributed by atoms with van der Waals surface area (Å²) >= 11 is 6.16. The number of halogens is 1. The van der Waals surface area contributed by atoms with Gasteiger partial charge in [0.15, 0.2) is 0 Å². The molecule has 0 saturated carbocycles. The molecular weight excluding hydrogens is 268 g/mol. The Balaban J connectivity index is 2.83. The van der Waals surface area contributed by atoms with E-state index in [9.17, 15) is 0 Å². The fourth-order valence-electron chi connectivity index (χ4n) is 2.38. The Morgan fingerprint density at radius 1 is 1.25 bits per heavy atom. The third kappa shape index (κ3) is 5.34. The number of rotatable bonds is 8. The molecule has 114 valence electrons. The van der Waals surface area contributed by atoms with Crippen LogP contribution in [0.1, 0.15) is 46.1 Å². The van der Waals surface area contributed by atoms with Crippen LogP contribution >= 0.6 is 11.6 Å². The molecule has 0 saturated heterocycles. The fraction of sp³-hybridized carbons (Fsp3) is 0.647. The first kappa shape index (κ1) is 17.3. The topological polar surface area (TPSA) is 15.3 Å². The highest BCUT2D eigenvalue weighted by Crippen LogP contribution is 2.26. The Hall–Kier alpha value is -0.730. The van der Waals surface area contributed by atoms with Crippen molar-refractivity contribution in [3.8, 4) is 0 Å². The maximum atomic E-state index is 6.16. The van der Waals surface area contributed by atoms with Gasteiger partial charge in [-0.3, -0.25) is 0 Å². The van der Waals surface area contributed by atoms with E-state index >= 15 is 0 Å². The van der Waals surface area contributed by atoms with Crippen LogP contribution in [0.3, 0.4) is 0 Å². The largest absolute Gasteiger partial charge is 0.372 e. The first-order chi connectivity index (χ1) is 9.45. The molecule has 0 aromatic heterocycles. The zero-order valence-electron chi connectivity index (χ0n) is 13.5. The van der Waals surface area contributed by atoms with Crippen molar-refractivity contribution in [2.45, 2.75) is 53.1 Å². The normalized spacial score (nSPS) is 12.8. The lowest BCUT2D eigenvalue weighted by Crippen LogP contribution is -2.30. The molecule has 0 heterocycles. The van der Waals surface area contributed by atoms with Crippen LogP contribution in [0.25, 0.3) is 0 Å². The lowest BCUT2D eigenvalue weighted by molar-refractivity contribution is 0.550. The molecule has 1 rings (SSSR count). The van der Waals surface area contributed by atoms with Gasteiger partial charge >= 0.3 is 0 Å². The van der Waals surface area contributed by atoms with Crippen molar-refractivity contribution in [2.24, 2.45) is 5.92 Å². The SMILES string of the molecule is CCCC(C)N(C)c1ccc(Cl)cc1CNCC(C)C. The Labute approximate surface area is 129 Å². The summed E-state index contributed by atoms with van der Waals surface area (Å²) in [5.41, 5.74) is 2.57. The minimum atomic E-state index is 0.546. The van der Waals surface area contributed by atoms with Crippen LogP contribution in [0.5, 0.6) is 0 Å². The second-order valence-corrected chi connectivity index (χ2v) is 6.48. The zero-order chi connectivity index (χ0) is 15.1. The van der Waals surface area contributed by atoms with Gasteiger partial charge in [-0.15, -0.1) is 0 Å². The molecule has 1 atom stereocenters. The van der Waals surface area contributed by atoms with Gasteiger partial charge in [0.05, 0.1) is 0 Å².